The van der Waals surface area contributed by atoms with Gasteiger partial charge in [0.15, 0.2) is 0 Å². The van der Waals surface area contributed by atoms with Crippen molar-refractivity contribution in [2.24, 2.45) is 0 Å². The molecule has 112 valence electrons. The summed E-state index contributed by atoms with van der Waals surface area (Å²) in [7, 11) is 0. The average Bonchev–Trinajstić information content (AvgIpc) is 2.99. The van der Waals surface area contributed by atoms with Crippen LogP contribution in [0.2, 0.25) is 0 Å². The Balaban J connectivity index is 1.81. The Bertz CT molecular complexity index is 388. The van der Waals surface area contributed by atoms with Gasteiger partial charge in [-0.1, -0.05) is 25.5 Å². The molecule has 0 radical (unpaired) electrons. The average molecular weight is 277 g/mol. The molecular formula is C17H27NO2. The zero-order valence-electron chi connectivity index (χ0n) is 12.7. The first-order valence-electron chi connectivity index (χ1n) is 7.87. The van der Waals surface area contributed by atoms with Gasteiger partial charge in [0.25, 0.3) is 0 Å². The maximum atomic E-state index is 5.76. The van der Waals surface area contributed by atoms with Gasteiger partial charge in [-0.15, -0.1) is 0 Å². The summed E-state index contributed by atoms with van der Waals surface area (Å²) < 4.78 is 11.4. The fourth-order valence-electron chi connectivity index (χ4n) is 2.44. The number of rotatable bonds is 8. The molecule has 0 spiro atoms. The minimum Gasteiger partial charge on any atom is -0.494 e. The van der Waals surface area contributed by atoms with Gasteiger partial charge in [-0.3, -0.25) is 0 Å². The Hall–Kier alpha value is -1.06. The first kappa shape index (κ1) is 15.3. The molecule has 2 rings (SSSR count). The van der Waals surface area contributed by atoms with Crippen molar-refractivity contribution in [3.8, 4) is 5.75 Å². The van der Waals surface area contributed by atoms with Crippen molar-refractivity contribution in [3.05, 3.63) is 29.8 Å². The lowest BCUT2D eigenvalue weighted by Gasteiger charge is -2.18. The molecule has 1 aromatic rings. The quantitative estimate of drug-likeness (QED) is 0.735. The fraction of sp³-hybridized carbons (Fsp3) is 0.647. The van der Waals surface area contributed by atoms with Crippen molar-refractivity contribution in [2.75, 3.05) is 19.8 Å². The van der Waals surface area contributed by atoms with E-state index in [1.807, 2.05) is 6.07 Å². The first-order valence-corrected chi connectivity index (χ1v) is 7.87. The summed E-state index contributed by atoms with van der Waals surface area (Å²) in [5, 5.41) is 3.55. The fourth-order valence-corrected chi connectivity index (χ4v) is 2.44. The Morgan fingerprint density at radius 2 is 2.35 bits per heavy atom. The van der Waals surface area contributed by atoms with Crippen LogP contribution in [0.5, 0.6) is 5.75 Å². The van der Waals surface area contributed by atoms with Gasteiger partial charge >= 0.3 is 0 Å². The lowest BCUT2D eigenvalue weighted by molar-refractivity contribution is 0.108. The highest BCUT2D eigenvalue weighted by molar-refractivity contribution is 5.30. The third-order valence-electron chi connectivity index (χ3n) is 3.80. The molecule has 0 amide bonds. The molecule has 20 heavy (non-hydrogen) atoms. The molecule has 1 aromatic carbocycles. The van der Waals surface area contributed by atoms with E-state index in [0.717, 1.165) is 31.9 Å². The summed E-state index contributed by atoms with van der Waals surface area (Å²) in [4.78, 5) is 0. The highest BCUT2D eigenvalue weighted by Crippen LogP contribution is 2.20. The van der Waals surface area contributed by atoms with E-state index >= 15 is 0 Å². The Labute approximate surface area is 122 Å². The number of benzene rings is 1. The molecule has 3 nitrogen and oxygen atoms in total. The van der Waals surface area contributed by atoms with Crippen LogP contribution in [-0.4, -0.2) is 25.9 Å². The molecule has 1 aliphatic rings. The molecule has 0 bridgehead atoms. The smallest absolute Gasteiger partial charge is 0.119 e. The number of hydrogen-bond donors (Lipinski definition) is 1. The zero-order valence-corrected chi connectivity index (χ0v) is 12.7. The molecule has 1 saturated heterocycles. The van der Waals surface area contributed by atoms with Gasteiger partial charge in [0.05, 0.1) is 12.7 Å². The van der Waals surface area contributed by atoms with Crippen LogP contribution in [0.25, 0.3) is 0 Å². The number of hydrogen-bond acceptors (Lipinski definition) is 3. The van der Waals surface area contributed by atoms with E-state index in [1.54, 1.807) is 0 Å². The molecule has 0 unspecified atom stereocenters. The molecule has 1 fully saturated rings. The predicted octanol–water partition coefficient (Wildman–Crippen LogP) is 3.70. The van der Waals surface area contributed by atoms with Gasteiger partial charge in [-0.05, 0) is 43.9 Å². The van der Waals surface area contributed by atoms with Gasteiger partial charge in [0.2, 0.25) is 0 Å². The number of ether oxygens (including phenoxy) is 2. The van der Waals surface area contributed by atoms with Crippen LogP contribution in [0.15, 0.2) is 24.3 Å². The molecule has 3 heteroatoms. The summed E-state index contributed by atoms with van der Waals surface area (Å²) in [6, 6.07) is 8.73. The molecule has 2 atom stereocenters. The highest BCUT2D eigenvalue weighted by Gasteiger charge is 2.16. The number of nitrogens with one attached hydrogen (secondary N) is 1. The summed E-state index contributed by atoms with van der Waals surface area (Å²) in [5.74, 6) is 0.974. The first-order chi connectivity index (χ1) is 9.79. The van der Waals surface area contributed by atoms with Crippen molar-refractivity contribution in [2.45, 2.75) is 51.7 Å². The van der Waals surface area contributed by atoms with E-state index in [4.69, 9.17) is 9.47 Å². The van der Waals surface area contributed by atoms with E-state index in [0.29, 0.717) is 12.1 Å². The van der Waals surface area contributed by atoms with Crippen molar-refractivity contribution in [1.82, 2.24) is 5.32 Å². The van der Waals surface area contributed by atoms with Crippen LogP contribution in [0, 0.1) is 0 Å². The van der Waals surface area contributed by atoms with Gasteiger partial charge in [0, 0.05) is 19.2 Å². The monoisotopic (exact) mass is 277 g/mol. The van der Waals surface area contributed by atoms with Crippen LogP contribution in [0.1, 0.15) is 51.1 Å². The van der Waals surface area contributed by atoms with E-state index in [2.05, 4.69) is 37.4 Å². The van der Waals surface area contributed by atoms with Gasteiger partial charge < -0.3 is 14.8 Å². The third-order valence-corrected chi connectivity index (χ3v) is 3.80. The van der Waals surface area contributed by atoms with Crippen molar-refractivity contribution in [1.29, 1.82) is 0 Å². The van der Waals surface area contributed by atoms with Crippen LogP contribution in [-0.2, 0) is 4.74 Å². The Morgan fingerprint density at radius 1 is 1.45 bits per heavy atom. The second kappa shape index (κ2) is 8.28. The number of unbranched alkanes of at least 4 members (excludes halogenated alkanes) is 1. The molecule has 1 heterocycles. The molecule has 1 N–H and O–H groups in total. The molecule has 0 aliphatic carbocycles. The standard InChI is InChI=1S/C17H27NO2/c1-3-4-10-19-16-8-5-7-15(12-16)14(2)18-13-17-9-6-11-20-17/h5,7-8,12,14,17-18H,3-4,6,9-11,13H2,1-2H3/t14-,17-/m1/s1. The van der Waals surface area contributed by atoms with Crippen molar-refractivity contribution in [3.63, 3.8) is 0 Å². The zero-order chi connectivity index (χ0) is 14.2. The van der Waals surface area contributed by atoms with Gasteiger partial charge in [0.1, 0.15) is 5.75 Å². The van der Waals surface area contributed by atoms with Crippen LogP contribution in [0.3, 0.4) is 0 Å². The minimum atomic E-state index is 0.328. The van der Waals surface area contributed by atoms with E-state index < -0.39 is 0 Å². The largest absolute Gasteiger partial charge is 0.494 e. The molecule has 0 aromatic heterocycles. The van der Waals surface area contributed by atoms with Gasteiger partial charge in [-0.25, -0.2) is 0 Å². The van der Waals surface area contributed by atoms with E-state index in [-0.39, 0.29) is 0 Å². The molecule has 0 saturated carbocycles. The highest BCUT2D eigenvalue weighted by atomic mass is 16.5. The molecule has 1 aliphatic heterocycles. The van der Waals surface area contributed by atoms with Crippen LogP contribution < -0.4 is 10.1 Å². The summed E-state index contributed by atoms with van der Waals surface area (Å²) in [6.45, 7) is 7.03. The SMILES string of the molecule is CCCCOc1cccc([C@@H](C)NC[C@H]2CCCO2)c1. The third kappa shape index (κ3) is 4.80. The Kier molecular flexibility index (Phi) is 6.34. The maximum absolute atomic E-state index is 5.76. The Morgan fingerprint density at radius 3 is 3.10 bits per heavy atom. The van der Waals surface area contributed by atoms with E-state index in [1.165, 1.54) is 24.8 Å². The second-order valence-electron chi connectivity index (χ2n) is 5.54. The van der Waals surface area contributed by atoms with Crippen molar-refractivity contribution >= 4 is 0 Å². The lowest BCUT2D eigenvalue weighted by Crippen LogP contribution is -2.28. The summed E-state index contributed by atoms with van der Waals surface area (Å²) in [6.07, 6.45) is 5.04. The van der Waals surface area contributed by atoms with Gasteiger partial charge in [-0.2, -0.15) is 0 Å². The molecular weight excluding hydrogens is 250 g/mol. The second-order valence-corrected chi connectivity index (χ2v) is 5.54. The summed E-state index contributed by atoms with van der Waals surface area (Å²) in [5.41, 5.74) is 1.27. The predicted molar refractivity (Wildman–Crippen MR) is 82.2 cm³/mol. The summed E-state index contributed by atoms with van der Waals surface area (Å²) >= 11 is 0. The topological polar surface area (TPSA) is 30.5 Å². The minimum absolute atomic E-state index is 0.328. The van der Waals surface area contributed by atoms with E-state index in [9.17, 15) is 0 Å². The van der Waals surface area contributed by atoms with Crippen molar-refractivity contribution < 1.29 is 9.47 Å². The maximum Gasteiger partial charge on any atom is 0.119 e. The normalized spacial score (nSPS) is 20.0. The van der Waals surface area contributed by atoms with Crippen LogP contribution >= 0.6 is 0 Å². The lowest BCUT2D eigenvalue weighted by atomic mass is 10.1. The van der Waals surface area contributed by atoms with Crippen LogP contribution in [0.4, 0.5) is 0 Å².